The molecule has 1 aromatic carbocycles. The molecule has 0 radical (unpaired) electrons. The van der Waals surface area contributed by atoms with Crippen LogP contribution in [0.4, 0.5) is 0 Å². The molecule has 5 nitrogen and oxygen atoms in total. The van der Waals surface area contributed by atoms with E-state index in [1.165, 1.54) is 12.1 Å². The van der Waals surface area contributed by atoms with Crippen LogP contribution in [0, 0.1) is 0 Å². The van der Waals surface area contributed by atoms with E-state index >= 15 is 0 Å². The highest BCUT2D eigenvalue weighted by molar-refractivity contribution is 9.10. The molecular weight excluding hydrogens is 290 g/mol. The van der Waals surface area contributed by atoms with Crippen molar-refractivity contribution in [3.63, 3.8) is 0 Å². The molecule has 90 valence electrons. The van der Waals surface area contributed by atoms with Gasteiger partial charge in [0.1, 0.15) is 0 Å². The highest BCUT2D eigenvalue weighted by Gasteiger charge is 2.24. The topological polar surface area (TPSA) is 83.5 Å². The molecule has 1 amide bonds. The number of rotatable bonds is 4. The Hall–Kier alpha value is -1.69. The van der Waals surface area contributed by atoms with Crippen molar-refractivity contribution >= 4 is 33.6 Å². The third-order valence-electron chi connectivity index (χ3n) is 2.04. The second-order valence-corrected chi connectivity index (χ2v) is 4.28. The number of benzene rings is 1. The van der Waals surface area contributed by atoms with Gasteiger partial charge in [-0.2, -0.15) is 0 Å². The molecule has 0 aliphatic rings. The fraction of sp³-hybridized carbons (Fsp3) is 0.182. The fourth-order valence-corrected chi connectivity index (χ4v) is 1.42. The lowest BCUT2D eigenvalue weighted by Crippen LogP contribution is -2.45. The Morgan fingerprint density at radius 1 is 1.24 bits per heavy atom. The van der Waals surface area contributed by atoms with E-state index in [0.29, 0.717) is 5.56 Å². The van der Waals surface area contributed by atoms with E-state index in [0.717, 1.165) is 11.4 Å². The summed E-state index contributed by atoms with van der Waals surface area (Å²) in [6.45, 7) is 1.11. The summed E-state index contributed by atoms with van der Waals surface area (Å²) in [6, 6.07) is 4.85. The average molecular weight is 300 g/mol. The normalized spacial score (nSPS) is 11.6. The van der Waals surface area contributed by atoms with Gasteiger partial charge in [-0.3, -0.25) is 9.59 Å². The molecule has 0 aliphatic carbocycles. The number of halogens is 1. The van der Waals surface area contributed by atoms with Gasteiger partial charge in [0.05, 0.1) is 0 Å². The summed E-state index contributed by atoms with van der Waals surface area (Å²) in [5.41, 5.74) is 0.292. The van der Waals surface area contributed by atoms with Gasteiger partial charge < -0.3 is 10.4 Å². The van der Waals surface area contributed by atoms with Crippen molar-refractivity contribution in [3.05, 3.63) is 34.3 Å². The van der Waals surface area contributed by atoms with Crippen LogP contribution in [0.1, 0.15) is 17.3 Å². The number of nitrogens with one attached hydrogen (secondary N) is 1. The lowest BCUT2D eigenvalue weighted by molar-refractivity contribution is -0.142. The van der Waals surface area contributed by atoms with E-state index in [1.54, 1.807) is 12.1 Å². The first-order valence-corrected chi connectivity index (χ1v) is 5.51. The van der Waals surface area contributed by atoms with Crippen LogP contribution in [0.3, 0.4) is 0 Å². The molecule has 6 heteroatoms. The standard InChI is InChI=1S/C11H10BrNO4/c1-6(14)9(11(16)17)13-10(15)7-2-4-8(12)5-3-7/h2-5,9H,1H3,(H,13,15)(H,16,17). The van der Waals surface area contributed by atoms with E-state index in [9.17, 15) is 14.4 Å². The quantitative estimate of drug-likeness (QED) is 0.819. The van der Waals surface area contributed by atoms with E-state index in [-0.39, 0.29) is 0 Å². The minimum Gasteiger partial charge on any atom is -0.479 e. The van der Waals surface area contributed by atoms with E-state index in [4.69, 9.17) is 5.11 Å². The Balaban J connectivity index is 2.81. The number of hydrogen-bond donors (Lipinski definition) is 2. The Labute approximate surface area is 106 Å². The maximum Gasteiger partial charge on any atom is 0.334 e. The van der Waals surface area contributed by atoms with Crippen LogP contribution in [-0.2, 0) is 9.59 Å². The molecular formula is C11H10BrNO4. The summed E-state index contributed by atoms with van der Waals surface area (Å²) >= 11 is 3.21. The molecule has 1 unspecified atom stereocenters. The maximum atomic E-state index is 11.6. The molecule has 2 N–H and O–H groups in total. The highest BCUT2D eigenvalue weighted by Crippen LogP contribution is 2.10. The van der Waals surface area contributed by atoms with Crippen molar-refractivity contribution in [2.45, 2.75) is 13.0 Å². The van der Waals surface area contributed by atoms with Crippen LogP contribution in [-0.4, -0.2) is 28.8 Å². The summed E-state index contributed by atoms with van der Waals surface area (Å²) in [5.74, 6) is -2.59. The SMILES string of the molecule is CC(=O)C(NC(=O)c1ccc(Br)cc1)C(=O)O. The first-order chi connectivity index (χ1) is 7.91. The van der Waals surface area contributed by atoms with Gasteiger partial charge in [0.2, 0.25) is 0 Å². The summed E-state index contributed by atoms with van der Waals surface area (Å²) in [7, 11) is 0. The van der Waals surface area contributed by atoms with Crippen molar-refractivity contribution in [1.82, 2.24) is 5.32 Å². The zero-order chi connectivity index (χ0) is 13.0. The van der Waals surface area contributed by atoms with Gasteiger partial charge in [-0.1, -0.05) is 15.9 Å². The van der Waals surface area contributed by atoms with E-state index < -0.39 is 23.7 Å². The zero-order valence-corrected chi connectivity index (χ0v) is 10.5. The number of amides is 1. The molecule has 0 heterocycles. The van der Waals surface area contributed by atoms with E-state index in [1.807, 2.05) is 0 Å². The summed E-state index contributed by atoms with van der Waals surface area (Å²) < 4.78 is 0.801. The summed E-state index contributed by atoms with van der Waals surface area (Å²) in [4.78, 5) is 33.4. The molecule has 0 spiro atoms. The number of carbonyl (C=O) groups excluding carboxylic acids is 2. The molecule has 1 aromatic rings. The number of carboxylic acid groups (broad SMARTS) is 1. The molecule has 0 bridgehead atoms. The van der Waals surface area contributed by atoms with Crippen LogP contribution in [0.15, 0.2) is 28.7 Å². The predicted octanol–water partition coefficient (Wildman–Crippen LogP) is 1.22. The third-order valence-corrected chi connectivity index (χ3v) is 2.56. The number of carbonyl (C=O) groups is 3. The smallest absolute Gasteiger partial charge is 0.334 e. The molecule has 0 aliphatic heterocycles. The Morgan fingerprint density at radius 2 is 1.76 bits per heavy atom. The Morgan fingerprint density at radius 3 is 2.18 bits per heavy atom. The largest absolute Gasteiger partial charge is 0.479 e. The number of carboxylic acids is 1. The van der Waals surface area contributed by atoms with Gasteiger partial charge in [-0.25, -0.2) is 4.79 Å². The molecule has 0 fully saturated rings. The third kappa shape index (κ3) is 3.67. The van der Waals surface area contributed by atoms with Crippen molar-refractivity contribution < 1.29 is 19.5 Å². The van der Waals surface area contributed by atoms with Crippen molar-refractivity contribution in [2.24, 2.45) is 0 Å². The number of ketones is 1. The van der Waals surface area contributed by atoms with Gasteiger partial charge in [-0.05, 0) is 31.2 Å². The Kier molecular flexibility index (Phi) is 4.39. The van der Waals surface area contributed by atoms with Gasteiger partial charge in [0.25, 0.3) is 5.91 Å². The molecule has 1 atom stereocenters. The van der Waals surface area contributed by atoms with Crippen molar-refractivity contribution in [1.29, 1.82) is 0 Å². The molecule has 1 rings (SSSR count). The Bertz CT molecular complexity index is 441. The van der Waals surface area contributed by atoms with Crippen LogP contribution in [0.5, 0.6) is 0 Å². The lowest BCUT2D eigenvalue weighted by atomic mass is 10.1. The van der Waals surface area contributed by atoms with Crippen LogP contribution >= 0.6 is 15.9 Å². The number of Topliss-reactive ketones (excluding diaryl/α,β-unsaturated/α-hetero) is 1. The molecule has 0 aromatic heterocycles. The van der Waals surface area contributed by atoms with E-state index in [2.05, 4.69) is 21.2 Å². The van der Waals surface area contributed by atoms with Gasteiger partial charge in [-0.15, -0.1) is 0 Å². The summed E-state index contributed by atoms with van der Waals surface area (Å²) in [6.07, 6.45) is 0. The molecule has 0 saturated carbocycles. The highest BCUT2D eigenvalue weighted by atomic mass is 79.9. The first kappa shape index (κ1) is 13.4. The van der Waals surface area contributed by atoms with Crippen LogP contribution < -0.4 is 5.32 Å². The average Bonchev–Trinajstić information content (AvgIpc) is 2.25. The van der Waals surface area contributed by atoms with Crippen molar-refractivity contribution in [2.75, 3.05) is 0 Å². The zero-order valence-electron chi connectivity index (χ0n) is 8.94. The molecule has 0 saturated heterocycles. The molecule has 17 heavy (non-hydrogen) atoms. The van der Waals surface area contributed by atoms with Gasteiger partial charge in [0.15, 0.2) is 11.8 Å². The first-order valence-electron chi connectivity index (χ1n) is 4.71. The van der Waals surface area contributed by atoms with Crippen molar-refractivity contribution in [3.8, 4) is 0 Å². The predicted molar refractivity (Wildman–Crippen MR) is 63.7 cm³/mol. The fourth-order valence-electron chi connectivity index (χ4n) is 1.15. The van der Waals surface area contributed by atoms with Crippen LogP contribution in [0.2, 0.25) is 0 Å². The maximum absolute atomic E-state index is 11.6. The minimum absolute atomic E-state index is 0.292. The van der Waals surface area contributed by atoms with Crippen LogP contribution in [0.25, 0.3) is 0 Å². The van der Waals surface area contributed by atoms with Gasteiger partial charge >= 0.3 is 5.97 Å². The number of aliphatic carboxylic acids is 1. The lowest BCUT2D eigenvalue weighted by Gasteiger charge is -2.11. The van der Waals surface area contributed by atoms with Gasteiger partial charge in [0, 0.05) is 10.0 Å². The summed E-state index contributed by atoms with van der Waals surface area (Å²) in [5, 5.41) is 10.9. The second-order valence-electron chi connectivity index (χ2n) is 3.36. The minimum atomic E-state index is -1.51. The number of hydrogen-bond acceptors (Lipinski definition) is 3. The second kappa shape index (κ2) is 5.58. The monoisotopic (exact) mass is 299 g/mol.